The van der Waals surface area contributed by atoms with Gasteiger partial charge in [0.1, 0.15) is 5.01 Å². The number of hydrogen-bond acceptors (Lipinski definition) is 5. The van der Waals surface area contributed by atoms with Crippen LogP contribution in [0.15, 0.2) is 42.0 Å². The zero-order chi connectivity index (χ0) is 19.8. The van der Waals surface area contributed by atoms with Gasteiger partial charge in [-0.25, -0.2) is 4.98 Å². The number of aromatic nitrogens is 2. The van der Waals surface area contributed by atoms with Crippen molar-refractivity contribution in [1.82, 2.24) is 19.8 Å². The van der Waals surface area contributed by atoms with Gasteiger partial charge in [0.2, 0.25) is 5.91 Å². The molecule has 7 heteroatoms. The molecule has 3 aromatic rings. The summed E-state index contributed by atoms with van der Waals surface area (Å²) in [6.07, 6.45) is 5.11. The van der Waals surface area contributed by atoms with Gasteiger partial charge in [0.25, 0.3) is 0 Å². The Bertz CT molecular complexity index is 1000. The minimum atomic E-state index is -0.187. The number of para-hydroxylation sites is 1. The number of H-pyrrole nitrogens is 1. The van der Waals surface area contributed by atoms with Crippen LogP contribution >= 0.6 is 11.3 Å². The summed E-state index contributed by atoms with van der Waals surface area (Å²) in [4.78, 5) is 24.9. The second kappa shape index (κ2) is 7.55. The Balaban J connectivity index is 1.20. The number of nitrogens with zero attached hydrogens (tertiary/aromatic N) is 3. The third kappa shape index (κ3) is 3.47. The minimum Gasteiger partial charge on any atom is -0.396 e. The molecule has 2 N–H and O–H groups in total. The van der Waals surface area contributed by atoms with E-state index in [0.717, 1.165) is 43.1 Å². The minimum absolute atomic E-state index is 0.137. The number of hydrogen-bond donors (Lipinski definition) is 2. The summed E-state index contributed by atoms with van der Waals surface area (Å²) in [6, 6.07) is 8.21. The van der Waals surface area contributed by atoms with E-state index in [-0.39, 0.29) is 17.9 Å². The van der Waals surface area contributed by atoms with E-state index in [1.807, 2.05) is 34.8 Å². The fraction of sp³-hybridized carbons (Fsp3) is 0.455. The largest absolute Gasteiger partial charge is 0.396 e. The van der Waals surface area contributed by atoms with Crippen LogP contribution in [0.3, 0.4) is 0 Å². The molecule has 2 aliphatic heterocycles. The summed E-state index contributed by atoms with van der Waals surface area (Å²) < 4.78 is 0. The quantitative estimate of drug-likeness (QED) is 0.655. The molecule has 2 unspecified atom stereocenters. The molecule has 0 spiro atoms. The maximum atomic E-state index is 12.9. The topological polar surface area (TPSA) is 72.5 Å². The lowest BCUT2D eigenvalue weighted by atomic mass is 9.82. The number of thiazole rings is 1. The standard InChI is InChI=1S/C22H26N4O2S/c27-15-22-13-25(12-20-23-7-8-29-20)10-17(22)11-26(14-22)21(28)6-5-16-9-24-19-4-2-1-3-18(16)19/h1-4,7-9,17,24,27H,5-6,10-15H2. The molecule has 2 aliphatic rings. The van der Waals surface area contributed by atoms with E-state index in [2.05, 4.69) is 27.0 Å². The Morgan fingerprint density at radius 2 is 2.21 bits per heavy atom. The Morgan fingerprint density at radius 1 is 1.31 bits per heavy atom. The van der Waals surface area contributed by atoms with E-state index >= 15 is 0 Å². The van der Waals surface area contributed by atoms with E-state index < -0.39 is 0 Å². The average molecular weight is 411 g/mol. The smallest absolute Gasteiger partial charge is 0.222 e. The molecule has 2 aromatic heterocycles. The molecule has 152 valence electrons. The predicted molar refractivity (Wildman–Crippen MR) is 114 cm³/mol. The van der Waals surface area contributed by atoms with Crippen molar-refractivity contribution in [2.24, 2.45) is 11.3 Å². The monoisotopic (exact) mass is 410 g/mol. The number of amides is 1. The molecule has 1 amide bonds. The molecule has 0 saturated carbocycles. The van der Waals surface area contributed by atoms with Crippen LogP contribution in [0.2, 0.25) is 0 Å². The van der Waals surface area contributed by atoms with Crippen LogP contribution in [0.4, 0.5) is 0 Å². The van der Waals surface area contributed by atoms with Gasteiger partial charge in [0.05, 0.1) is 13.2 Å². The highest BCUT2D eigenvalue weighted by molar-refractivity contribution is 7.09. The molecule has 4 heterocycles. The maximum absolute atomic E-state index is 12.9. The summed E-state index contributed by atoms with van der Waals surface area (Å²) in [7, 11) is 0. The molecule has 0 radical (unpaired) electrons. The number of carbonyl (C=O) groups excluding carboxylic acids is 1. The van der Waals surface area contributed by atoms with Gasteiger partial charge in [0, 0.05) is 66.7 Å². The number of rotatable bonds is 6. The first-order chi connectivity index (χ1) is 14.2. The second-order valence-corrected chi connectivity index (χ2v) is 9.43. The Hall–Kier alpha value is -2.22. The number of likely N-dealkylation sites (tertiary alicyclic amines) is 2. The molecule has 2 atom stereocenters. The van der Waals surface area contributed by atoms with Crippen molar-refractivity contribution >= 4 is 28.1 Å². The van der Waals surface area contributed by atoms with E-state index in [1.165, 1.54) is 10.9 Å². The van der Waals surface area contributed by atoms with Crippen molar-refractivity contribution in [3.63, 3.8) is 0 Å². The van der Waals surface area contributed by atoms with Crippen molar-refractivity contribution in [2.45, 2.75) is 19.4 Å². The summed E-state index contributed by atoms with van der Waals surface area (Å²) in [5, 5.41) is 14.5. The Morgan fingerprint density at radius 3 is 3.00 bits per heavy atom. The van der Waals surface area contributed by atoms with Crippen molar-refractivity contribution in [1.29, 1.82) is 0 Å². The van der Waals surface area contributed by atoms with Crippen molar-refractivity contribution in [3.05, 3.63) is 52.6 Å². The molecule has 0 aliphatic carbocycles. The van der Waals surface area contributed by atoms with Crippen LogP contribution in [0.25, 0.3) is 10.9 Å². The molecule has 6 nitrogen and oxygen atoms in total. The summed E-state index contributed by atoms with van der Waals surface area (Å²) in [5.74, 6) is 0.536. The molecule has 1 aromatic carbocycles. The highest BCUT2D eigenvalue weighted by Gasteiger charge is 2.52. The van der Waals surface area contributed by atoms with Gasteiger partial charge in [0.15, 0.2) is 0 Å². The van der Waals surface area contributed by atoms with E-state index in [0.29, 0.717) is 18.9 Å². The third-order valence-corrected chi connectivity index (χ3v) is 7.39. The predicted octanol–water partition coefficient (Wildman–Crippen LogP) is 2.51. The van der Waals surface area contributed by atoms with E-state index in [9.17, 15) is 9.90 Å². The highest BCUT2D eigenvalue weighted by Crippen LogP contribution is 2.43. The van der Waals surface area contributed by atoms with Gasteiger partial charge in [-0.2, -0.15) is 0 Å². The first-order valence-corrected chi connectivity index (χ1v) is 11.1. The number of fused-ring (bicyclic) bond motifs is 2. The molecule has 2 saturated heterocycles. The first-order valence-electron chi connectivity index (χ1n) is 10.2. The van der Waals surface area contributed by atoms with Crippen LogP contribution in [-0.2, 0) is 17.8 Å². The number of carbonyl (C=O) groups is 1. The van der Waals surface area contributed by atoms with Gasteiger partial charge in [-0.3, -0.25) is 9.69 Å². The number of aryl methyl sites for hydroxylation is 1. The number of aliphatic hydroxyl groups excluding tert-OH is 1. The molecule has 2 fully saturated rings. The zero-order valence-corrected chi connectivity index (χ0v) is 17.2. The highest BCUT2D eigenvalue weighted by atomic mass is 32.1. The molecule has 5 rings (SSSR count). The Kier molecular flexibility index (Phi) is 4.89. The molecular formula is C22H26N4O2S. The second-order valence-electron chi connectivity index (χ2n) is 8.45. The zero-order valence-electron chi connectivity index (χ0n) is 16.4. The van der Waals surface area contributed by atoms with Crippen LogP contribution in [0.5, 0.6) is 0 Å². The van der Waals surface area contributed by atoms with Crippen LogP contribution < -0.4 is 0 Å². The van der Waals surface area contributed by atoms with Gasteiger partial charge in [-0.05, 0) is 24.0 Å². The Labute approximate surface area is 174 Å². The number of aromatic amines is 1. The SMILES string of the molecule is O=C(CCc1c[nH]c2ccccc12)N1CC2CN(Cc3nccs3)CC2(CO)C1. The normalized spacial score (nSPS) is 24.4. The van der Waals surface area contributed by atoms with E-state index in [4.69, 9.17) is 0 Å². The maximum Gasteiger partial charge on any atom is 0.222 e. The van der Waals surface area contributed by atoms with Gasteiger partial charge in [-0.15, -0.1) is 11.3 Å². The van der Waals surface area contributed by atoms with E-state index in [1.54, 1.807) is 11.3 Å². The van der Waals surface area contributed by atoms with Crippen LogP contribution in [0.1, 0.15) is 17.0 Å². The lowest BCUT2D eigenvalue weighted by Crippen LogP contribution is -2.38. The van der Waals surface area contributed by atoms with Gasteiger partial charge in [-0.1, -0.05) is 18.2 Å². The van der Waals surface area contributed by atoms with Crippen LogP contribution in [-0.4, -0.2) is 63.6 Å². The van der Waals surface area contributed by atoms with Gasteiger partial charge >= 0.3 is 0 Å². The first kappa shape index (κ1) is 18.8. The molecule has 29 heavy (non-hydrogen) atoms. The van der Waals surface area contributed by atoms with Crippen molar-refractivity contribution < 1.29 is 9.90 Å². The van der Waals surface area contributed by atoms with Crippen molar-refractivity contribution in [2.75, 3.05) is 32.8 Å². The summed E-state index contributed by atoms with van der Waals surface area (Å²) in [5.41, 5.74) is 2.12. The number of benzene rings is 1. The fourth-order valence-electron chi connectivity index (χ4n) is 5.09. The lowest BCUT2D eigenvalue weighted by molar-refractivity contribution is -0.130. The summed E-state index contributed by atoms with van der Waals surface area (Å²) in [6.45, 7) is 4.14. The average Bonchev–Trinajstić information content (AvgIpc) is 3.49. The third-order valence-electron chi connectivity index (χ3n) is 6.62. The fourth-order valence-corrected chi connectivity index (χ4v) is 5.74. The lowest BCUT2D eigenvalue weighted by Gasteiger charge is -2.27. The molecular weight excluding hydrogens is 384 g/mol. The number of aliphatic hydroxyl groups is 1. The number of nitrogens with one attached hydrogen (secondary N) is 1. The van der Waals surface area contributed by atoms with Gasteiger partial charge < -0.3 is 15.0 Å². The van der Waals surface area contributed by atoms with Crippen LogP contribution in [0, 0.1) is 11.3 Å². The molecule has 0 bridgehead atoms. The summed E-state index contributed by atoms with van der Waals surface area (Å²) >= 11 is 1.67. The van der Waals surface area contributed by atoms with Crippen molar-refractivity contribution in [3.8, 4) is 0 Å².